The monoisotopic (exact) mass is 457 g/mol. The third-order valence-corrected chi connectivity index (χ3v) is 7.37. The van der Waals surface area contributed by atoms with E-state index in [0.29, 0.717) is 21.8 Å². The predicted octanol–water partition coefficient (Wildman–Crippen LogP) is 3.73. The molecule has 7 nitrogen and oxygen atoms in total. The molecule has 0 saturated carbocycles. The quantitative estimate of drug-likeness (QED) is 0.429. The van der Waals surface area contributed by atoms with E-state index in [1.54, 1.807) is 36.4 Å². The van der Waals surface area contributed by atoms with Crippen LogP contribution >= 0.6 is 11.8 Å². The summed E-state index contributed by atoms with van der Waals surface area (Å²) in [5, 5.41) is 4.20. The van der Waals surface area contributed by atoms with Crippen LogP contribution in [0.5, 0.6) is 0 Å². The molecule has 9 heteroatoms. The molecule has 0 unspecified atom stereocenters. The zero-order valence-corrected chi connectivity index (χ0v) is 19.3. The third-order valence-electron chi connectivity index (χ3n) is 4.65. The molecule has 31 heavy (non-hydrogen) atoms. The Balaban J connectivity index is 1.74. The van der Waals surface area contributed by atoms with Gasteiger partial charge in [0, 0.05) is 30.7 Å². The molecular weight excluding hydrogens is 434 g/mol. The van der Waals surface area contributed by atoms with E-state index < -0.39 is 10.0 Å². The highest BCUT2D eigenvalue weighted by molar-refractivity contribution is 7.99. The fraction of sp³-hybridized carbons (Fsp3) is 0.227. The molecule has 162 valence electrons. The number of anilines is 1. The van der Waals surface area contributed by atoms with Gasteiger partial charge in [-0.25, -0.2) is 17.7 Å². The van der Waals surface area contributed by atoms with Gasteiger partial charge in [0.1, 0.15) is 0 Å². The van der Waals surface area contributed by atoms with Gasteiger partial charge in [-0.05, 0) is 55.8 Å². The number of rotatable bonds is 7. The highest BCUT2D eigenvalue weighted by atomic mass is 32.2. The van der Waals surface area contributed by atoms with Crippen molar-refractivity contribution in [2.75, 3.05) is 25.2 Å². The average Bonchev–Trinajstić information content (AvgIpc) is 2.72. The van der Waals surface area contributed by atoms with Gasteiger partial charge in [-0.15, -0.1) is 0 Å². The van der Waals surface area contributed by atoms with Crippen molar-refractivity contribution in [3.63, 3.8) is 0 Å². The van der Waals surface area contributed by atoms with Crippen LogP contribution in [0.3, 0.4) is 0 Å². The van der Waals surface area contributed by atoms with Gasteiger partial charge < -0.3 is 5.32 Å². The number of fused-ring (bicyclic) bond motifs is 1. The van der Waals surface area contributed by atoms with E-state index in [2.05, 4.69) is 10.3 Å². The second kappa shape index (κ2) is 9.17. The van der Waals surface area contributed by atoms with Crippen molar-refractivity contribution in [3.05, 3.63) is 59.7 Å². The highest BCUT2D eigenvalue weighted by Crippen LogP contribution is 2.27. The molecule has 0 spiro atoms. The van der Waals surface area contributed by atoms with E-state index in [9.17, 15) is 18.0 Å². The molecule has 0 aliphatic carbocycles. The maximum atomic E-state index is 12.4. The molecule has 0 bridgehead atoms. The fourth-order valence-electron chi connectivity index (χ4n) is 2.94. The summed E-state index contributed by atoms with van der Waals surface area (Å²) in [6.07, 6.45) is 0. The van der Waals surface area contributed by atoms with Crippen molar-refractivity contribution in [1.82, 2.24) is 9.29 Å². The smallest absolute Gasteiger partial charge is 0.242 e. The van der Waals surface area contributed by atoms with Crippen LogP contribution in [0.2, 0.25) is 0 Å². The molecule has 1 aromatic heterocycles. The maximum absolute atomic E-state index is 12.4. The molecule has 1 amide bonds. The van der Waals surface area contributed by atoms with E-state index in [0.717, 1.165) is 10.9 Å². The summed E-state index contributed by atoms with van der Waals surface area (Å²) < 4.78 is 25.9. The van der Waals surface area contributed by atoms with Crippen LogP contribution in [0, 0.1) is 6.92 Å². The molecule has 2 aromatic carbocycles. The number of Topliss-reactive ketones (excluding diaryl/α,β-unsaturated/α-hetero) is 1. The van der Waals surface area contributed by atoms with Crippen molar-refractivity contribution in [2.24, 2.45) is 0 Å². The molecule has 0 aliphatic rings. The zero-order chi connectivity index (χ0) is 22.8. The first-order valence-electron chi connectivity index (χ1n) is 9.45. The van der Waals surface area contributed by atoms with Crippen LogP contribution in [0.1, 0.15) is 22.8 Å². The Kier molecular flexibility index (Phi) is 6.78. The van der Waals surface area contributed by atoms with Gasteiger partial charge in [0.25, 0.3) is 0 Å². The predicted molar refractivity (Wildman–Crippen MR) is 123 cm³/mol. The average molecular weight is 458 g/mol. The Labute approximate surface area is 185 Å². The number of nitrogens with one attached hydrogen (secondary N) is 1. The molecule has 0 atom stereocenters. The van der Waals surface area contributed by atoms with Gasteiger partial charge in [0.05, 0.1) is 21.2 Å². The Morgan fingerprint density at radius 1 is 1.10 bits per heavy atom. The number of aryl methyl sites for hydroxylation is 1. The number of carbonyl (C=O) groups excluding carboxylic acids is 2. The van der Waals surface area contributed by atoms with E-state index in [-0.39, 0.29) is 22.3 Å². The van der Waals surface area contributed by atoms with Gasteiger partial charge >= 0.3 is 0 Å². The topological polar surface area (TPSA) is 96.4 Å². The Bertz CT molecular complexity index is 1270. The van der Waals surface area contributed by atoms with Crippen molar-refractivity contribution in [1.29, 1.82) is 0 Å². The first-order chi connectivity index (χ1) is 14.6. The summed E-state index contributed by atoms with van der Waals surface area (Å²) in [6, 6.07) is 13.5. The standard InChI is InChI=1S/C22H23N3O4S2/c1-14-10-22(24-20-9-8-18(12-19(14)20)31(28,29)25(3)4)30-13-21(27)23-17-7-5-6-16(11-17)15(2)26/h5-12H,13H2,1-4H3,(H,23,27). The number of thioether (sulfide) groups is 1. The zero-order valence-electron chi connectivity index (χ0n) is 17.7. The van der Waals surface area contributed by atoms with Gasteiger partial charge in [0.15, 0.2) is 5.78 Å². The van der Waals surface area contributed by atoms with Crippen molar-refractivity contribution < 1.29 is 18.0 Å². The van der Waals surface area contributed by atoms with Crippen LogP contribution in [-0.2, 0) is 14.8 Å². The largest absolute Gasteiger partial charge is 0.325 e. The summed E-state index contributed by atoms with van der Waals surface area (Å²) in [4.78, 5) is 28.6. The fourth-order valence-corrected chi connectivity index (χ4v) is 4.64. The van der Waals surface area contributed by atoms with E-state index >= 15 is 0 Å². The Morgan fingerprint density at radius 2 is 1.84 bits per heavy atom. The molecule has 0 saturated heterocycles. The van der Waals surface area contributed by atoms with Gasteiger partial charge in [-0.2, -0.15) is 0 Å². The Hall–Kier alpha value is -2.75. The van der Waals surface area contributed by atoms with Crippen molar-refractivity contribution >= 4 is 50.1 Å². The van der Waals surface area contributed by atoms with Crippen molar-refractivity contribution in [3.8, 4) is 0 Å². The van der Waals surface area contributed by atoms with E-state index in [1.165, 1.54) is 43.2 Å². The number of sulfonamides is 1. The lowest BCUT2D eigenvalue weighted by atomic mass is 10.1. The number of ketones is 1. The number of pyridine rings is 1. The lowest BCUT2D eigenvalue weighted by molar-refractivity contribution is -0.113. The number of benzene rings is 2. The Morgan fingerprint density at radius 3 is 2.52 bits per heavy atom. The van der Waals surface area contributed by atoms with Crippen LogP contribution < -0.4 is 5.32 Å². The summed E-state index contributed by atoms with van der Waals surface area (Å²) in [6.45, 7) is 3.36. The first kappa shape index (κ1) is 22.9. The summed E-state index contributed by atoms with van der Waals surface area (Å²) in [5.41, 5.74) is 2.64. The molecule has 1 heterocycles. The lowest BCUT2D eigenvalue weighted by Crippen LogP contribution is -2.22. The highest BCUT2D eigenvalue weighted by Gasteiger charge is 2.18. The third kappa shape index (κ3) is 5.30. The van der Waals surface area contributed by atoms with Crippen molar-refractivity contribution in [2.45, 2.75) is 23.8 Å². The summed E-state index contributed by atoms with van der Waals surface area (Å²) >= 11 is 1.29. The van der Waals surface area contributed by atoms with Crippen LogP contribution in [-0.4, -0.2) is 49.2 Å². The molecule has 0 aliphatic heterocycles. The minimum Gasteiger partial charge on any atom is -0.325 e. The number of amides is 1. The summed E-state index contributed by atoms with van der Waals surface area (Å²) in [7, 11) is -0.545. The number of aromatic nitrogens is 1. The molecule has 0 fully saturated rings. The minimum atomic E-state index is -3.53. The normalized spacial score (nSPS) is 11.6. The van der Waals surface area contributed by atoms with Gasteiger partial charge in [-0.3, -0.25) is 9.59 Å². The molecular formula is C22H23N3O4S2. The van der Waals surface area contributed by atoms with Gasteiger partial charge in [0.2, 0.25) is 15.9 Å². The van der Waals surface area contributed by atoms with E-state index in [1.807, 2.05) is 13.0 Å². The second-order valence-corrected chi connectivity index (χ2v) is 10.4. The number of carbonyl (C=O) groups is 2. The number of nitrogens with zero attached hydrogens (tertiary/aromatic N) is 2. The minimum absolute atomic E-state index is 0.0668. The van der Waals surface area contributed by atoms with Crippen LogP contribution in [0.25, 0.3) is 10.9 Å². The van der Waals surface area contributed by atoms with Gasteiger partial charge in [-0.1, -0.05) is 23.9 Å². The number of hydrogen-bond acceptors (Lipinski definition) is 6. The van der Waals surface area contributed by atoms with Crippen LogP contribution in [0.4, 0.5) is 5.69 Å². The molecule has 3 rings (SSSR count). The maximum Gasteiger partial charge on any atom is 0.242 e. The lowest BCUT2D eigenvalue weighted by Gasteiger charge is -2.13. The number of hydrogen-bond donors (Lipinski definition) is 1. The molecule has 3 aromatic rings. The molecule has 1 N–H and O–H groups in total. The second-order valence-electron chi connectivity index (χ2n) is 7.22. The first-order valence-corrected chi connectivity index (χ1v) is 11.9. The SMILES string of the molecule is CC(=O)c1cccc(NC(=O)CSc2cc(C)c3cc(S(=O)(=O)N(C)C)ccc3n2)c1. The van der Waals surface area contributed by atoms with Crippen LogP contribution in [0.15, 0.2) is 58.5 Å². The van der Waals surface area contributed by atoms with E-state index in [4.69, 9.17) is 0 Å². The summed E-state index contributed by atoms with van der Waals surface area (Å²) in [5.74, 6) is -0.129. The molecule has 0 radical (unpaired) electrons.